The Balaban J connectivity index is 1.36. The number of carbonyl (C=O) groups is 2. The van der Waals surface area contributed by atoms with E-state index in [1.165, 1.54) is 11.1 Å². The number of hydrogen-bond acceptors (Lipinski definition) is 6. The normalized spacial score (nSPS) is 23.1. The van der Waals surface area contributed by atoms with Gasteiger partial charge in [0.1, 0.15) is 11.5 Å². The Kier molecular flexibility index (Phi) is 6.67. The monoisotopic (exact) mass is 502 g/mol. The fourth-order valence-electron chi connectivity index (χ4n) is 6.10. The van der Waals surface area contributed by atoms with E-state index < -0.39 is 17.5 Å². The van der Waals surface area contributed by atoms with Crippen molar-refractivity contribution in [2.24, 2.45) is 11.8 Å². The summed E-state index contributed by atoms with van der Waals surface area (Å²) in [7, 11) is 0. The molecule has 2 aliphatic rings. The van der Waals surface area contributed by atoms with Gasteiger partial charge in [0.2, 0.25) is 0 Å². The first kappa shape index (κ1) is 25.6. The van der Waals surface area contributed by atoms with E-state index in [0.717, 1.165) is 43.5 Å². The van der Waals surface area contributed by atoms with Crippen LogP contribution in [0.3, 0.4) is 0 Å². The molecule has 3 heterocycles. The number of carbonyl (C=O) groups excluding carboxylic acids is 2. The van der Waals surface area contributed by atoms with Gasteiger partial charge in [0, 0.05) is 24.2 Å². The third kappa shape index (κ3) is 5.18. The van der Waals surface area contributed by atoms with Gasteiger partial charge < -0.3 is 4.74 Å². The third-order valence-corrected chi connectivity index (χ3v) is 8.23. The molecule has 0 amide bonds. The van der Waals surface area contributed by atoms with Crippen molar-refractivity contribution >= 4 is 17.5 Å². The second-order valence-electron chi connectivity index (χ2n) is 12.1. The van der Waals surface area contributed by atoms with Crippen LogP contribution in [0.2, 0.25) is 0 Å². The average molecular weight is 503 g/mol. The van der Waals surface area contributed by atoms with Gasteiger partial charge in [-0.05, 0) is 68.1 Å². The van der Waals surface area contributed by atoms with Gasteiger partial charge >= 0.3 is 5.97 Å². The van der Waals surface area contributed by atoms with Crippen LogP contribution in [-0.2, 0) is 32.6 Å². The lowest BCUT2D eigenvalue weighted by molar-refractivity contribution is -0.185. The van der Waals surface area contributed by atoms with E-state index in [0.29, 0.717) is 18.0 Å². The molecule has 2 unspecified atom stereocenters. The Morgan fingerprint density at radius 1 is 1.08 bits per heavy atom. The van der Waals surface area contributed by atoms with Gasteiger partial charge in [0.05, 0.1) is 0 Å². The van der Waals surface area contributed by atoms with E-state index in [-0.39, 0.29) is 30.0 Å². The summed E-state index contributed by atoms with van der Waals surface area (Å²) in [5.74, 6) is -0.170. The first-order valence-electron chi connectivity index (χ1n) is 13.6. The number of Topliss-reactive ketones (excluding diaryl/α,β-unsaturated/α-hetero) is 1. The molecule has 3 aromatic rings. The van der Waals surface area contributed by atoms with Crippen molar-refractivity contribution in [3.63, 3.8) is 0 Å². The van der Waals surface area contributed by atoms with Crippen LogP contribution in [0, 0.1) is 25.7 Å². The Bertz CT molecular complexity index is 1310. The number of aryl methyl sites for hydroxylation is 3. The number of cyclic esters (lactones) is 1. The molecule has 1 aliphatic heterocycles. The van der Waals surface area contributed by atoms with Crippen LogP contribution in [0.5, 0.6) is 0 Å². The smallest absolute Gasteiger partial charge is 0.317 e. The lowest BCUT2D eigenvalue weighted by Gasteiger charge is -2.43. The molecule has 7 nitrogen and oxygen atoms in total. The Morgan fingerprint density at radius 2 is 1.84 bits per heavy atom. The van der Waals surface area contributed by atoms with Gasteiger partial charge in [0.25, 0.3) is 5.78 Å². The van der Waals surface area contributed by atoms with Crippen molar-refractivity contribution in [2.45, 2.75) is 97.0 Å². The highest BCUT2D eigenvalue weighted by atomic mass is 16.6. The van der Waals surface area contributed by atoms with Crippen molar-refractivity contribution in [3.8, 4) is 0 Å². The molecule has 5 rings (SSSR count). The Hall–Kier alpha value is -3.09. The molecule has 196 valence electrons. The summed E-state index contributed by atoms with van der Waals surface area (Å²) in [5.41, 5.74) is 3.62. The zero-order valence-electron chi connectivity index (χ0n) is 22.7. The third-order valence-electron chi connectivity index (χ3n) is 8.23. The van der Waals surface area contributed by atoms with Crippen LogP contribution in [0.15, 0.2) is 30.3 Å². The van der Waals surface area contributed by atoms with Crippen LogP contribution in [0.1, 0.15) is 87.6 Å². The number of ketones is 1. The second-order valence-corrected chi connectivity index (χ2v) is 12.1. The average Bonchev–Trinajstić information content (AvgIpc) is 3.50. The van der Waals surface area contributed by atoms with E-state index in [4.69, 9.17) is 4.74 Å². The maximum absolute atomic E-state index is 13.5. The molecule has 2 aromatic heterocycles. The van der Waals surface area contributed by atoms with Crippen LogP contribution in [0.4, 0.5) is 0 Å². The van der Waals surface area contributed by atoms with Crippen LogP contribution >= 0.6 is 0 Å². The standard InChI is InChI=1S/C30H38N4O3/c1-19-15-20(2)34-28(31-19)32-26(33-34)17-24-25(35)18-30(37-27(24)36,22-10-6-7-11-22)14-13-21-9-8-12-23(16-21)29(3,4)5/h8-9,12,15-16,22,24H,6-7,10-11,13-14,17-18H2,1-5H3. The number of ether oxygens (including phenoxy) is 1. The lowest BCUT2D eigenvalue weighted by Crippen LogP contribution is -2.52. The summed E-state index contributed by atoms with van der Waals surface area (Å²) in [6, 6.07) is 10.6. The molecular formula is C30H38N4O3. The molecular weight excluding hydrogens is 464 g/mol. The SMILES string of the molecule is Cc1cc(C)n2nc(CC3C(=O)CC(CCc4cccc(C(C)(C)C)c4)(C4CCCC4)OC3=O)nc2n1. The summed E-state index contributed by atoms with van der Waals surface area (Å²) < 4.78 is 7.97. The minimum Gasteiger partial charge on any atom is -0.458 e. The molecule has 2 atom stereocenters. The summed E-state index contributed by atoms with van der Waals surface area (Å²) in [5, 5.41) is 4.52. The van der Waals surface area contributed by atoms with Gasteiger partial charge in [-0.25, -0.2) is 9.50 Å². The maximum atomic E-state index is 13.5. The number of hydrogen-bond donors (Lipinski definition) is 0. The summed E-state index contributed by atoms with van der Waals surface area (Å²) in [4.78, 5) is 35.9. The van der Waals surface area contributed by atoms with Crippen LogP contribution in [0.25, 0.3) is 5.78 Å². The molecule has 7 heteroatoms. The fraction of sp³-hybridized carbons (Fsp3) is 0.567. The van der Waals surface area contributed by atoms with Crippen molar-refractivity contribution in [2.75, 3.05) is 0 Å². The van der Waals surface area contributed by atoms with Gasteiger partial charge in [-0.3, -0.25) is 9.59 Å². The number of rotatable bonds is 6. The number of esters is 1. The molecule has 1 aromatic carbocycles. The molecule has 37 heavy (non-hydrogen) atoms. The van der Waals surface area contributed by atoms with E-state index in [9.17, 15) is 9.59 Å². The van der Waals surface area contributed by atoms with Crippen molar-refractivity contribution < 1.29 is 14.3 Å². The highest BCUT2D eigenvalue weighted by Crippen LogP contribution is 2.45. The highest BCUT2D eigenvalue weighted by Gasteiger charge is 2.51. The first-order chi connectivity index (χ1) is 17.5. The van der Waals surface area contributed by atoms with Crippen molar-refractivity contribution in [1.82, 2.24) is 19.6 Å². The predicted octanol–water partition coefficient (Wildman–Crippen LogP) is 5.28. The Labute approximate surface area is 219 Å². The minimum absolute atomic E-state index is 0.0497. The lowest BCUT2D eigenvalue weighted by atomic mass is 9.73. The van der Waals surface area contributed by atoms with E-state index in [1.54, 1.807) is 4.52 Å². The summed E-state index contributed by atoms with van der Waals surface area (Å²) >= 11 is 0. The van der Waals surface area contributed by atoms with Gasteiger partial charge in [-0.2, -0.15) is 4.98 Å². The number of fused-ring (bicyclic) bond motifs is 1. The van der Waals surface area contributed by atoms with Crippen LogP contribution in [-0.4, -0.2) is 36.9 Å². The first-order valence-corrected chi connectivity index (χ1v) is 13.6. The molecule has 0 N–H and O–H groups in total. The molecule has 0 spiro atoms. The molecule has 2 fully saturated rings. The predicted molar refractivity (Wildman–Crippen MR) is 141 cm³/mol. The molecule has 0 bridgehead atoms. The zero-order chi connectivity index (χ0) is 26.4. The topological polar surface area (TPSA) is 86.5 Å². The van der Waals surface area contributed by atoms with Gasteiger partial charge in [-0.15, -0.1) is 5.10 Å². The van der Waals surface area contributed by atoms with Gasteiger partial charge in [0.15, 0.2) is 11.6 Å². The Morgan fingerprint density at radius 3 is 2.54 bits per heavy atom. The number of aromatic nitrogens is 4. The number of benzene rings is 1. The maximum Gasteiger partial charge on any atom is 0.317 e. The van der Waals surface area contributed by atoms with Crippen molar-refractivity contribution in [3.05, 3.63) is 58.7 Å². The van der Waals surface area contributed by atoms with Crippen molar-refractivity contribution in [1.29, 1.82) is 0 Å². The minimum atomic E-state index is -0.863. The molecule has 0 radical (unpaired) electrons. The van der Waals surface area contributed by atoms with E-state index in [2.05, 4.69) is 60.1 Å². The quantitative estimate of drug-likeness (QED) is 0.337. The molecule has 1 aliphatic carbocycles. The highest BCUT2D eigenvalue weighted by molar-refractivity contribution is 6.01. The largest absolute Gasteiger partial charge is 0.458 e. The zero-order valence-corrected chi connectivity index (χ0v) is 22.7. The molecule has 1 saturated carbocycles. The van der Waals surface area contributed by atoms with E-state index in [1.807, 2.05) is 19.9 Å². The van der Waals surface area contributed by atoms with E-state index >= 15 is 0 Å². The number of nitrogens with zero attached hydrogens (tertiary/aromatic N) is 4. The summed E-state index contributed by atoms with van der Waals surface area (Å²) in [6.45, 7) is 10.5. The second kappa shape index (κ2) is 9.66. The fourth-order valence-corrected chi connectivity index (χ4v) is 6.10. The molecule has 1 saturated heterocycles. The van der Waals surface area contributed by atoms with Gasteiger partial charge in [-0.1, -0.05) is 57.9 Å². The van der Waals surface area contributed by atoms with Crippen LogP contribution < -0.4 is 0 Å². The summed E-state index contributed by atoms with van der Waals surface area (Å²) in [6.07, 6.45) is 6.13.